The normalized spacial score (nSPS) is 11.6. The molecule has 0 aliphatic rings. The molecular formula is C21H27N3O2. The summed E-state index contributed by atoms with van der Waals surface area (Å²) in [5.41, 5.74) is 1.15. The van der Waals surface area contributed by atoms with Crippen LogP contribution in [0.25, 0.3) is 16.8 Å². The highest BCUT2D eigenvalue weighted by molar-refractivity contribution is 6.03. The number of fused-ring (bicyclic) bond motifs is 1. The molecule has 2 aromatic rings. The summed E-state index contributed by atoms with van der Waals surface area (Å²) >= 11 is 0. The van der Waals surface area contributed by atoms with Crippen molar-refractivity contribution in [3.8, 4) is 0 Å². The Morgan fingerprint density at radius 2 is 1.73 bits per heavy atom. The van der Waals surface area contributed by atoms with E-state index in [0.717, 1.165) is 36.0 Å². The highest BCUT2D eigenvalue weighted by atomic mass is 16.2. The number of nitrogens with zero attached hydrogens (tertiary/aromatic N) is 1. The van der Waals surface area contributed by atoms with E-state index >= 15 is 0 Å². The molecule has 0 aromatic heterocycles. The fraction of sp³-hybridized carbons (Fsp3) is 0.333. The first kappa shape index (κ1) is 19.7. The Morgan fingerprint density at radius 1 is 1.04 bits per heavy atom. The van der Waals surface area contributed by atoms with Gasteiger partial charge >= 0.3 is 0 Å². The number of benzene rings is 2. The number of amides is 2. The Morgan fingerprint density at radius 3 is 2.42 bits per heavy atom. The number of carbonyl (C=O) groups is 2. The van der Waals surface area contributed by atoms with E-state index in [4.69, 9.17) is 0 Å². The third-order valence-corrected chi connectivity index (χ3v) is 4.29. The van der Waals surface area contributed by atoms with Crippen LogP contribution in [0.1, 0.15) is 26.3 Å². The van der Waals surface area contributed by atoms with Crippen LogP contribution in [0.2, 0.25) is 0 Å². The highest BCUT2D eigenvalue weighted by Crippen LogP contribution is 2.20. The van der Waals surface area contributed by atoms with Gasteiger partial charge in [-0.05, 0) is 35.5 Å². The van der Waals surface area contributed by atoms with Crippen LogP contribution in [0, 0.1) is 0 Å². The van der Waals surface area contributed by atoms with Gasteiger partial charge in [-0.1, -0.05) is 56.3 Å². The van der Waals surface area contributed by atoms with Crippen LogP contribution in [0.4, 0.5) is 0 Å². The number of carbonyl (C=O) groups excluding carboxylic acids is 2. The molecule has 0 atom stereocenters. The summed E-state index contributed by atoms with van der Waals surface area (Å²) in [5, 5.41) is 7.67. The van der Waals surface area contributed by atoms with Crippen LogP contribution < -0.4 is 10.6 Å². The van der Waals surface area contributed by atoms with Gasteiger partial charge in [-0.2, -0.15) is 0 Å². The Bertz CT molecular complexity index is 789. The van der Waals surface area contributed by atoms with Crippen LogP contribution in [0.15, 0.2) is 48.2 Å². The molecule has 5 heteroatoms. The standard InChI is InChI=1S/C21H27N3O2/c1-4-24(5-2)14-13-22-21(26)20(23-16(3)25)15-18-11-8-10-17-9-6-7-12-19(17)18/h6-12,15H,4-5,13-14H2,1-3H3,(H,22,26)(H,23,25)/b20-15-. The van der Waals surface area contributed by atoms with E-state index in [2.05, 4.69) is 29.4 Å². The predicted molar refractivity (Wildman–Crippen MR) is 107 cm³/mol. The first-order valence-corrected chi connectivity index (χ1v) is 9.02. The predicted octanol–water partition coefficient (Wildman–Crippen LogP) is 2.77. The minimum Gasteiger partial charge on any atom is -0.349 e. The summed E-state index contributed by atoms with van der Waals surface area (Å²) in [4.78, 5) is 26.3. The largest absolute Gasteiger partial charge is 0.349 e. The van der Waals surface area contributed by atoms with E-state index in [-0.39, 0.29) is 17.5 Å². The minimum absolute atomic E-state index is 0.258. The summed E-state index contributed by atoms with van der Waals surface area (Å²) in [6.07, 6.45) is 1.73. The molecule has 138 valence electrons. The Hall–Kier alpha value is -2.66. The van der Waals surface area contributed by atoms with Gasteiger partial charge in [0.2, 0.25) is 5.91 Å². The average molecular weight is 353 g/mol. The molecule has 2 N–H and O–H groups in total. The summed E-state index contributed by atoms with van der Waals surface area (Å²) < 4.78 is 0. The van der Waals surface area contributed by atoms with Crippen molar-refractivity contribution in [2.75, 3.05) is 26.2 Å². The van der Waals surface area contributed by atoms with E-state index in [0.29, 0.717) is 6.54 Å². The number of hydrogen-bond donors (Lipinski definition) is 2. The van der Waals surface area contributed by atoms with Crippen molar-refractivity contribution in [3.05, 3.63) is 53.7 Å². The van der Waals surface area contributed by atoms with Gasteiger partial charge in [-0.15, -0.1) is 0 Å². The Balaban J connectivity index is 2.21. The van der Waals surface area contributed by atoms with Crippen LogP contribution in [0.3, 0.4) is 0 Å². The zero-order valence-electron chi connectivity index (χ0n) is 15.7. The zero-order chi connectivity index (χ0) is 18.9. The summed E-state index contributed by atoms with van der Waals surface area (Å²) in [6.45, 7) is 8.78. The lowest BCUT2D eigenvalue weighted by molar-refractivity contribution is -0.122. The molecule has 0 unspecified atom stereocenters. The van der Waals surface area contributed by atoms with E-state index in [1.54, 1.807) is 6.08 Å². The monoisotopic (exact) mass is 353 g/mol. The topological polar surface area (TPSA) is 61.4 Å². The van der Waals surface area contributed by atoms with E-state index in [1.165, 1.54) is 6.92 Å². The SMILES string of the molecule is CCN(CC)CCNC(=O)/C(=C/c1cccc2ccccc12)NC(C)=O. The zero-order valence-corrected chi connectivity index (χ0v) is 15.7. The third kappa shape index (κ3) is 5.43. The fourth-order valence-electron chi connectivity index (χ4n) is 2.84. The lowest BCUT2D eigenvalue weighted by Gasteiger charge is -2.18. The third-order valence-electron chi connectivity index (χ3n) is 4.29. The molecule has 0 saturated heterocycles. The number of rotatable bonds is 8. The first-order chi connectivity index (χ1) is 12.5. The Labute approximate surface area is 155 Å². The van der Waals surface area contributed by atoms with Gasteiger partial charge in [0.1, 0.15) is 5.70 Å². The molecule has 0 aliphatic heterocycles. The molecule has 2 aromatic carbocycles. The van der Waals surface area contributed by atoms with Crippen molar-refractivity contribution >= 4 is 28.7 Å². The Kier molecular flexibility index (Phi) is 7.36. The molecule has 0 spiro atoms. The van der Waals surface area contributed by atoms with Crippen LogP contribution in [0.5, 0.6) is 0 Å². The van der Waals surface area contributed by atoms with Crippen molar-refractivity contribution in [1.82, 2.24) is 15.5 Å². The van der Waals surface area contributed by atoms with Gasteiger partial charge in [-0.3, -0.25) is 9.59 Å². The number of likely N-dealkylation sites (N-methyl/N-ethyl adjacent to an activating group) is 1. The molecule has 0 heterocycles. The maximum absolute atomic E-state index is 12.6. The van der Waals surface area contributed by atoms with Crippen LogP contribution >= 0.6 is 0 Å². The molecule has 0 bridgehead atoms. The molecule has 0 radical (unpaired) electrons. The highest BCUT2D eigenvalue weighted by Gasteiger charge is 2.12. The lowest BCUT2D eigenvalue weighted by atomic mass is 10.0. The summed E-state index contributed by atoms with van der Waals surface area (Å²) in [7, 11) is 0. The molecule has 0 fully saturated rings. The second-order valence-electron chi connectivity index (χ2n) is 6.09. The smallest absolute Gasteiger partial charge is 0.267 e. The fourth-order valence-corrected chi connectivity index (χ4v) is 2.84. The van der Waals surface area contributed by atoms with Gasteiger partial charge in [0, 0.05) is 20.0 Å². The van der Waals surface area contributed by atoms with Crippen molar-refractivity contribution in [2.24, 2.45) is 0 Å². The van der Waals surface area contributed by atoms with Crippen molar-refractivity contribution < 1.29 is 9.59 Å². The van der Waals surface area contributed by atoms with Gasteiger partial charge in [0.15, 0.2) is 0 Å². The molecule has 0 saturated carbocycles. The molecule has 0 aliphatic carbocycles. The second kappa shape index (κ2) is 9.73. The van der Waals surface area contributed by atoms with E-state index in [9.17, 15) is 9.59 Å². The van der Waals surface area contributed by atoms with E-state index < -0.39 is 0 Å². The first-order valence-electron chi connectivity index (χ1n) is 9.02. The number of hydrogen-bond acceptors (Lipinski definition) is 3. The molecule has 2 rings (SSSR count). The summed E-state index contributed by atoms with van der Waals surface area (Å²) in [6, 6.07) is 13.9. The van der Waals surface area contributed by atoms with Crippen LogP contribution in [-0.2, 0) is 9.59 Å². The van der Waals surface area contributed by atoms with Crippen molar-refractivity contribution in [1.29, 1.82) is 0 Å². The lowest BCUT2D eigenvalue weighted by Crippen LogP contribution is -2.38. The van der Waals surface area contributed by atoms with E-state index in [1.807, 2.05) is 42.5 Å². The number of nitrogens with one attached hydrogen (secondary N) is 2. The van der Waals surface area contributed by atoms with Gasteiger partial charge in [0.25, 0.3) is 5.91 Å². The van der Waals surface area contributed by atoms with Gasteiger partial charge < -0.3 is 15.5 Å². The van der Waals surface area contributed by atoms with Gasteiger partial charge in [0.05, 0.1) is 0 Å². The molecule has 2 amide bonds. The van der Waals surface area contributed by atoms with Crippen LogP contribution in [-0.4, -0.2) is 42.9 Å². The second-order valence-corrected chi connectivity index (χ2v) is 6.09. The molecular weight excluding hydrogens is 326 g/mol. The maximum atomic E-state index is 12.6. The average Bonchev–Trinajstić information content (AvgIpc) is 2.64. The molecule has 26 heavy (non-hydrogen) atoms. The summed E-state index contributed by atoms with van der Waals surface area (Å²) in [5.74, 6) is -0.546. The van der Waals surface area contributed by atoms with Crippen molar-refractivity contribution in [3.63, 3.8) is 0 Å². The van der Waals surface area contributed by atoms with Crippen molar-refractivity contribution in [2.45, 2.75) is 20.8 Å². The quantitative estimate of drug-likeness (QED) is 0.718. The van der Waals surface area contributed by atoms with Gasteiger partial charge in [-0.25, -0.2) is 0 Å². The minimum atomic E-state index is -0.278. The molecule has 5 nitrogen and oxygen atoms in total. The maximum Gasteiger partial charge on any atom is 0.267 e.